The van der Waals surface area contributed by atoms with Gasteiger partial charge in [0.2, 0.25) is 0 Å². The predicted molar refractivity (Wildman–Crippen MR) is 155 cm³/mol. The molecule has 0 aliphatic carbocycles. The van der Waals surface area contributed by atoms with Crippen molar-refractivity contribution in [2.75, 3.05) is 6.61 Å². The molecule has 0 aromatic rings. The number of aliphatic hydroxyl groups excluding tert-OH is 1. The van der Waals surface area contributed by atoms with E-state index in [0.717, 1.165) is 64.2 Å². The average Bonchev–Trinajstić information content (AvgIpc) is 2.87. The zero-order valence-electron chi connectivity index (χ0n) is 25.2. The number of rotatable bonds is 28. The van der Waals surface area contributed by atoms with Gasteiger partial charge in [0.05, 0.1) is 6.10 Å². The highest BCUT2D eigenvalue weighted by Crippen LogP contribution is 2.28. The Hall–Kier alpha value is -0.650. The summed E-state index contributed by atoms with van der Waals surface area (Å²) in [5.74, 6) is -2.21. The Balaban J connectivity index is 4.86. The van der Waals surface area contributed by atoms with E-state index < -0.39 is 18.5 Å². The van der Waals surface area contributed by atoms with Crippen LogP contribution >= 0.6 is 0 Å². The van der Waals surface area contributed by atoms with E-state index in [1.807, 2.05) is 0 Å². The number of carbonyl (C=O) groups excluding carboxylic acids is 1. The highest BCUT2D eigenvalue weighted by molar-refractivity contribution is 5.69. The highest BCUT2D eigenvalue weighted by Gasteiger charge is 2.36. The molecule has 0 heterocycles. The number of aliphatic hydroxyl groups is 2. The average molecular weight is 529 g/mol. The molecule has 3 unspecified atom stereocenters. The van der Waals surface area contributed by atoms with Crippen LogP contribution < -0.4 is 0 Å². The minimum absolute atomic E-state index is 0.225. The van der Waals surface area contributed by atoms with Crippen LogP contribution in [0, 0.1) is 5.92 Å². The summed E-state index contributed by atoms with van der Waals surface area (Å²) in [7, 11) is 0. The lowest BCUT2D eigenvalue weighted by Crippen LogP contribution is -2.45. The van der Waals surface area contributed by atoms with E-state index in [0.29, 0.717) is 5.92 Å². The number of unbranched alkanes of at least 4 members (excludes halogenated alkanes) is 14. The van der Waals surface area contributed by atoms with Crippen molar-refractivity contribution in [3.05, 3.63) is 0 Å². The Bertz CT molecular complexity index is 498. The second-order valence-corrected chi connectivity index (χ2v) is 11.3. The van der Waals surface area contributed by atoms with Crippen LogP contribution in [0.5, 0.6) is 0 Å². The summed E-state index contributed by atoms with van der Waals surface area (Å²) in [6.07, 6.45) is 25.0. The molecule has 0 radical (unpaired) electrons. The normalized spacial score (nSPS) is 14.9. The van der Waals surface area contributed by atoms with E-state index in [1.165, 1.54) is 77.0 Å². The summed E-state index contributed by atoms with van der Waals surface area (Å²) < 4.78 is 11.3. The van der Waals surface area contributed by atoms with Crippen LogP contribution in [0.3, 0.4) is 0 Å². The maximum atomic E-state index is 12.4. The molecule has 0 aliphatic heterocycles. The van der Waals surface area contributed by atoms with E-state index in [-0.39, 0.29) is 12.5 Å². The van der Waals surface area contributed by atoms with Crippen molar-refractivity contribution in [2.24, 2.45) is 5.92 Å². The largest absolute Gasteiger partial charge is 0.406 e. The molecular formula is C32H64O5. The molecule has 222 valence electrons. The Morgan fingerprint density at radius 2 is 1.14 bits per heavy atom. The minimum Gasteiger partial charge on any atom is -0.406 e. The summed E-state index contributed by atoms with van der Waals surface area (Å²) in [5, 5.41) is 20.8. The zero-order valence-corrected chi connectivity index (χ0v) is 25.2. The van der Waals surface area contributed by atoms with Crippen LogP contribution in [0.1, 0.15) is 175 Å². The van der Waals surface area contributed by atoms with Crippen molar-refractivity contribution in [1.82, 2.24) is 0 Å². The topological polar surface area (TPSA) is 76.0 Å². The summed E-state index contributed by atoms with van der Waals surface area (Å²) in [6.45, 7) is 8.14. The number of hydrogen-bond donors (Lipinski definition) is 2. The van der Waals surface area contributed by atoms with E-state index in [4.69, 9.17) is 9.47 Å². The van der Waals surface area contributed by atoms with Crippen LogP contribution in [0.4, 0.5) is 0 Å². The first-order chi connectivity index (χ1) is 17.9. The molecule has 0 amide bonds. The van der Waals surface area contributed by atoms with Gasteiger partial charge in [-0.15, -0.1) is 0 Å². The molecule has 0 spiro atoms. The third-order valence-corrected chi connectivity index (χ3v) is 7.45. The van der Waals surface area contributed by atoms with E-state index >= 15 is 0 Å². The molecule has 0 saturated heterocycles. The van der Waals surface area contributed by atoms with Gasteiger partial charge >= 0.3 is 11.9 Å². The Morgan fingerprint density at radius 3 is 1.68 bits per heavy atom. The van der Waals surface area contributed by atoms with Crippen molar-refractivity contribution in [2.45, 2.75) is 187 Å². The number of carbonyl (C=O) groups is 1. The highest BCUT2D eigenvalue weighted by atomic mass is 16.8. The molecule has 2 N–H and O–H groups in total. The van der Waals surface area contributed by atoms with Gasteiger partial charge in [-0.05, 0) is 25.2 Å². The van der Waals surface area contributed by atoms with Gasteiger partial charge in [0.25, 0.3) is 0 Å². The maximum Gasteiger partial charge on any atom is 0.351 e. The predicted octanol–water partition coefficient (Wildman–Crippen LogP) is 9.22. The molecule has 37 heavy (non-hydrogen) atoms. The lowest BCUT2D eigenvalue weighted by molar-refractivity contribution is -0.370. The van der Waals surface area contributed by atoms with Crippen LogP contribution in [-0.2, 0) is 14.3 Å². The van der Waals surface area contributed by atoms with Crippen molar-refractivity contribution in [3.63, 3.8) is 0 Å². The first-order valence-electron chi connectivity index (χ1n) is 16.2. The molecule has 0 aromatic heterocycles. The fourth-order valence-corrected chi connectivity index (χ4v) is 5.21. The first-order valence-corrected chi connectivity index (χ1v) is 16.2. The monoisotopic (exact) mass is 528 g/mol. The SMILES string of the molecule is CCCCCCCCCC(=O)OC(O)(CO)OC(CCCCCCCCC)CC(CCC)CCCCC. The second kappa shape index (κ2) is 25.6. The van der Waals surface area contributed by atoms with Crippen molar-refractivity contribution in [3.8, 4) is 0 Å². The van der Waals surface area contributed by atoms with Crippen LogP contribution in [0.25, 0.3) is 0 Å². The Morgan fingerprint density at radius 1 is 0.649 bits per heavy atom. The fourth-order valence-electron chi connectivity index (χ4n) is 5.21. The second-order valence-electron chi connectivity index (χ2n) is 11.3. The third-order valence-electron chi connectivity index (χ3n) is 7.45. The molecule has 0 fully saturated rings. The standard InChI is InChI=1S/C32H64O5/c1-5-9-12-14-16-18-21-25-30(27-29(23-8-4)24-20-11-7-3)36-32(35,28-33)37-31(34)26-22-19-17-15-13-10-6-2/h29-30,33,35H,5-28H2,1-4H3. The van der Waals surface area contributed by atoms with Crippen LogP contribution in [-0.4, -0.2) is 34.9 Å². The van der Waals surface area contributed by atoms with Crippen molar-refractivity contribution >= 4 is 5.97 Å². The molecule has 0 bridgehead atoms. The third kappa shape index (κ3) is 21.9. The van der Waals surface area contributed by atoms with Crippen LogP contribution in [0.2, 0.25) is 0 Å². The van der Waals surface area contributed by atoms with Gasteiger partial charge in [0.15, 0.2) is 0 Å². The molecule has 0 saturated carbocycles. The van der Waals surface area contributed by atoms with Gasteiger partial charge in [-0.2, -0.15) is 0 Å². The summed E-state index contributed by atoms with van der Waals surface area (Å²) in [5.41, 5.74) is 0. The van der Waals surface area contributed by atoms with Crippen molar-refractivity contribution in [1.29, 1.82) is 0 Å². The van der Waals surface area contributed by atoms with Gasteiger partial charge in [0.1, 0.15) is 6.61 Å². The van der Waals surface area contributed by atoms with Crippen LogP contribution in [0.15, 0.2) is 0 Å². The van der Waals surface area contributed by atoms with Gasteiger partial charge in [0, 0.05) is 6.42 Å². The summed E-state index contributed by atoms with van der Waals surface area (Å²) in [6, 6.07) is 0. The van der Waals surface area contributed by atoms with Crippen molar-refractivity contribution < 1.29 is 24.5 Å². The van der Waals surface area contributed by atoms with Gasteiger partial charge in [-0.1, -0.05) is 150 Å². The van der Waals surface area contributed by atoms with Gasteiger partial charge in [-0.25, -0.2) is 0 Å². The first kappa shape index (κ1) is 36.4. The van der Waals surface area contributed by atoms with E-state index in [2.05, 4.69) is 27.7 Å². The lowest BCUT2D eigenvalue weighted by Gasteiger charge is -2.32. The van der Waals surface area contributed by atoms with E-state index in [9.17, 15) is 15.0 Å². The lowest BCUT2D eigenvalue weighted by atomic mass is 9.89. The smallest absolute Gasteiger partial charge is 0.351 e. The van der Waals surface area contributed by atoms with E-state index in [1.54, 1.807) is 0 Å². The van der Waals surface area contributed by atoms with Gasteiger partial charge < -0.3 is 19.7 Å². The fraction of sp³-hybridized carbons (Fsp3) is 0.969. The molecule has 5 heteroatoms. The molecule has 5 nitrogen and oxygen atoms in total. The molecule has 3 atom stereocenters. The zero-order chi connectivity index (χ0) is 27.6. The number of hydrogen-bond acceptors (Lipinski definition) is 5. The quantitative estimate of drug-likeness (QED) is 0.0601. The molecule has 0 aliphatic rings. The number of esters is 1. The Kier molecular flexibility index (Phi) is 25.2. The molecule has 0 rings (SSSR count). The molecule has 0 aromatic carbocycles. The van der Waals surface area contributed by atoms with Gasteiger partial charge in [-0.3, -0.25) is 4.79 Å². The summed E-state index contributed by atoms with van der Waals surface area (Å²) >= 11 is 0. The minimum atomic E-state index is -2.25. The molecular weight excluding hydrogens is 464 g/mol. The summed E-state index contributed by atoms with van der Waals surface area (Å²) in [4.78, 5) is 12.4. The maximum absolute atomic E-state index is 12.4. The Labute approximate surface area is 230 Å². The number of ether oxygens (including phenoxy) is 2.